The zero-order valence-electron chi connectivity index (χ0n) is 14.3. The fourth-order valence-electron chi connectivity index (χ4n) is 2.66. The Hall–Kier alpha value is -1.96. The van der Waals surface area contributed by atoms with Crippen LogP contribution in [-0.2, 0) is 6.18 Å². The second kappa shape index (κ2) is 7.58. The van der Waals surface area contributed by atoms with Crippen LogP contribution >= 0.6 is 11.8 Å². The van der Waals surface area contributed by atoms with Crippen LogP contribution in [0.3, 0.4) is 0 Å². The number of anilines is 1. The van der Waals surface area contributed by atoms with Crippen LogP contribution in [0.4, 0.5) is 37.7 Å². The van der Waals surface area contributed by atoms with E-state index in [9.17, 15) is 26.3 Å². The molecule has 0 saturated carbocycles. The fraction of sp³-hybridized carbons (Fsp3) is 0.562. The molecule has 1 heterocycles. The number of hydrogen-bond donors (Lipinski definition) is 1. The summed E-state index contributed by atoms with van der Waals surface area (Å²) >= 11 is 1.23. The van der Waals surface area contributed by atoms with Crippen LogP contribution in [0, 0.1) is 6.57 Å². The number of nitrogens with zero attached hydrogens (tertiary/aromatic N) is 3. The van der Waals surface area contributed by atoms with Crippen molar-refractivity contribution in [3.63, 3.8) is 0 Å². The molecule has 1 aromatic carbocycles. The van der Waals surface area contributed by atoms with Gasteiger partial charge in [0.2, 0.25) is 0 Å². The van der Waals surface area contributed by atoms with Crippen molar-refractivity contribution in [1.82, 2.24) is 0 Å². The molecule has 2 rings (SSSR count). The van der Waals surface area contributed by atoms with Crippen molar-refractivity contribution in [1.29, 1.82) is 0 Å². The van der Waals surface area contributed by atoms with Crippen molar-refractivity contribution in [2.75, 3.05) is 11.1 Å². The molecule has 1 N–H and O–H groups in total. The average molecular weight is 410 g/mol. The Balaban J connectivity index is 2.30. The van der Waals surface area contributed by atoms with E-state index in [0.29, 0.717) is 5.75 Å². The minimum Gasteiger partial charge on any atom is -0.371 e. The summed E-state index contributed by atoms with van der Waals surface area (Å²) in [5, 5.41) is 9.22. The Labute approximate surface area is 156 Å². The first-order chi connectivity index (χ1) is 12.4. The first kappa shape index (κ1) is 21.3. The molecule has 0 aliphatic carbocycles. The van der Waals surface area contributed by atoms with E-state index in [-0.39, 0.29) is 5.69 Å². The molecule has 11 heteroatoms. The molecule has 4 nitrogen and oxygen atoms in total. The lowest BCUT2D eigenvalue weighted by atomic mass is 9.95. The van der Waals surface area contributed by atoms with Crippen LogP contribution in [0.2, 0.25) is 0 Å². The van der Waals surface area contributed by atoms with Crippen molar-refractivity contribution in [2.24, 2.45) is 10.2 Å². The van der Waals surface area contributed by atoms with E-state index in [1.807, 2.05) is 0 Å². The molecule has 0 spiro atoms. The molecule has 0 bridgehead atoms. The molecule has 1 aliphatic heterocycles. The molecule has 0 saturated heterocycles. The van der Waals surface area contributed by atoms with Crippen LogP contribution in [0.1, 0.15) is 25.8 Å². The zero-order chi connectivity index (χ0) is 20.5. The average Bonchev–Trinajstić information content (AvgIpc) is 2.97. The minimum atomic E-state index is -4.72. The summed E-state index contributed by atoms with van der Waals surface area (Å²) in [5.41, 5.74) is -2.84. The van der Waals surface area contributed by atoms with Gasteiger partial charge in [-0.2, -0.15) is 36.6 Å². The number of thioether (sulfide) groups is 1. The SMILES string of the molecule is [C-]#[N+]c1ccc(NC(SCC)[C@@]2(C)CC(C(F)(F)F)N=N2)cc1C(F)(F)F. The van der Waals surface area contributed by atoms with Gasteiger partial charge in [0.1, 0.15) is 5.54 Å². The Morgan fingerprint density at radius 3 is 2.48 bits per heavy atom. The van der Waals surface area contributed by atoms with Gasteiger partial charge in [0.15, 0.2) is 11.7 Å². The number of hydrogen-bond acceptors (Lipinski definition) is 4. The van der Waals surface area contributed by atoms with Crippen LogP contribution in [0.25, 0.3) is 4.85 Å². The van der Waals surface area contributed by atoms with Gasteiger partial charge in [0.05, 0.1) is 17.5 Å². The van der Waals surface area contributed by atoms with E-state index < -0.39 is 47.0 Å². The predicted octanol–water partition coefficient (Wildman–Crippen LogP) is 6.29. The van der Waals surface area contributed by atoms with Crippen LogP contribution < -0.4 is 5.32 Å². The quantitative estimate of drug-likeness (QED) is 0.352. The minimum absolute atomic E-state index is 0.0487. The molecule has 1 aromatic rings. The van der Waals surface area contributed by atoms with Gasteiger partial charge in [-0.1, -0.05) is 13.0 Å². The number of azo groups is 1. The highest BCUT2D eigenvalue weighted by molar-refractivity contribution is 8.00. The van der Waals surface area contributed by atoms with Crippen molar-refractivity contribution < 1.29 is 26.3 Å². The normalized spacial score (nSPS) is 23.9. The third-order valence-electron chi connectivity index (χ3n) is 4.03. The standard InChI is InChI=1S/C16H16F6N4S/c1-4-27-13(14(2)8-12(25-26-14)16(20,21)22)24-9-5-6-11(23-3)10(7-9)15(17,18)19/h5-7,12-13,24H,4,8H2,1-2H3/t12?,13?,14-/m1/s1. The molecule has 0 aromatic heterocycles. The number of alkyl halides is 6. The number of benzene rings is 1. The first-order valence-corrected chi connectivity index (χ1v) is 8.91. The first-order valence-electron chi connectivity index (χ1n) is 7.86. The molecule has 27 heavy (non-hydrogen) atoms. The highest BCUT2D eigenvalue weighted by Gasteiger charge is 2.51. The van der Waals surface area contributed by atoms with Crippen molar-refractivity contribution >= 4 is 23.1 Å². The third kappa shape index (κ3) is 4.86. The lowest BCUT2D eigenvalue weighted by Gasteiger charge is -2.32. The summed E-state index contributed by atoms with van der Waals surface area (Å²) in [6, 6.07) is 1.18. The van der Waals surface area contributed by atoms with E-state index in [0.717, 1.165) is 12.1 Å². The van der Waals surface area contributed by atoms with Crippen LogP contribution in [0.5, 0.6) is 0 Å². The van der Waals surface area contributed by atoms with Gasteiger partial charge in [-0.15, -0.1) is 11.8 Å². The maximum Gasteiger partial charge on any atom is 0.412 e. The Bertz CT molecular complexity index is 755. The largest absolute Gasteiger partial charge is 0.412 e. The van der Waals surface area contributed by atoms with Gasteiger partial charge in [-0.05, 0) is 24.8 Å². The number of halogens is 6. The molecule has 148 valence electrons. The third-order valence-corrected chi connectivity index (χ3v) is 5.32. The zero-order valence-corrected chi connectivity index (χ0v) is 15.1. The summed E-state index contributed by atoms with van der Waals surface area (Å²) in [7, 11) is 0. The molecular formula is C16H16F6N4S. The van der Waals surface area contributed by atoms with Gasteiger partial charge in [-0.25, -0.2) is 4.85 Å². The highest BCUT2D eigenvalue weighted by atomic mass is 32.2. The molecule has 0 amide bonds. The summed E-state index contributed by atoms with van der Waals surface area (Å²) in [6.45, 7) is 10.1. The molecule has 0 fully saturated rings. The fourth-order valence-corrected chi connectivity index (χ4v) is 3.72. The van der Waals surface area contributed by atoms with E-state index >= 15 is 0 Å². The van der Waals surface area contributed by atoms with E-state index in [4.69, 9.17) is 6.57 Å². The Morgan fingerprint density at radius 1 is 1.33 bits per heavy atom. The van der Waals surface area contributed by atoms with E-state index in [2.05, 4.69) is 20.4 Å². The lowest BCUT2D eigenvalue weighted by molar-refractivity contribution is -0.147. The summed E-state index contributed by atoms with van der Waals surface area (Å²) < 4.78 is 78.1. The topological polar surface area (TPSA) is 41.1 Å². The smallest absolute Gasteiger partial charge is 0.371 e. The van der Waals surface area contributed by atoms with Gasteiger partial charge in [-0.3, -0.25) is 0 Å². The van der Waals surface area contributed by atoms with Crippen molar-refractivity contribution in [3.05, 3.63) is 35.2 Å². The number of nitrogens with one attached hydrogen (secondary N) is 1. The highest BCUT2D eigenvalue weighted by Crippen LogP contribution is 2.43. The van der Waals surface area contributed by atoms with Gasteiger partial charge < -0.3 is 5.32 Å². The van der Waals surface area contributed by atoms with E-state index in [1.54, 1.807) is 6.92 Å². The summed E-state index contributed by atoms with van der Waals surface area (Å²) in [6.07, 6.45) is -9.64. The maximum atomic E-state index is 13.1. The van der Waals surface area contributed by atoms with Gasteiger partial charge in [0.25, 0.3) is 0 Å². The predicted molar refractivity (Wildman–Crippen MR) is 91.0 cm³/mol. The van der Waals surface area contributed by atoms with Gasteiger partial charge in [0, 0.05) is 12.1 Å². The van der Waals surface area contributed by atoms with E-state index in [1.165, 1.54) is 24.8 Å². The summed E-state index contributed by atoms with van der Waals surface area (Å²) in [4.78, 5) is 2.86. The van der Waals surface area contributed by atoms with Crippen LogP contribution in [-0.4, -0.2) is 28.9 Å². The maximum absolute atomic E-state index is 13.1. The molecule has 2 unspecified atom stereocenters. The Kier molecular flexibility index (Phi) is 5.99. The Morgan fingerprint density at radius 2 is 2.00 bits per heavy atom. The second-order valence-electron chi connectivity index (χ2n) is 6.16. The molecule has 3 atom stereocenters. The summed E-state index contributed by atoms with van der Waals surface area (Å²) in [5.74, 6) is 0.506. The molecule has 0 radical (unpaired) electrons. The number of rotatable bonds is 5. The van der Waals surface area contributed by atoms with Crippen molar-refractivity contribution in [3.8, 4) is 0 Å². The monoisotopic (exact) mass is 410 g/mol. The van der Waals surface area contributed by atoms with Crippen molar-refractivity contribution in [2.45, 2.75) is 49.6 Å². The van der Waals surface area contributed by atoms with Crippen LogP contribution in [0.15, 0.2) is 28.4 Å². The second-order valence-corrected chi connectivity index (χ2v) is 7.54. The van der Waals surface area contributed by atoms with Gasteiger partial charge >= 0.3 is 12.4 Å². The lowest BCUT2D eigenvalue weighted by Crippen LogP contribution is -2.42. The molecule has 1 aliphatic rings. The molecular weight excluding hydrogens is 394 g/mol.